The molecule has 0 spiro atoms. The normalized spacial score (nSPS) is 22.3. The molecule has 1 N–H and O–H groups in total. The van der Waals surface area contributed by atoms with E-state index in [1.54, 1.807) is 0 Å². The highest BCUT2D eigenvalue weighted by Crippen LogP contribution is 2.29. The van der Waals surface area contributed by atoms with Crippen LogP contribution in [0.4, 0.5) is 5.69 Å². The average Bonchev–Trinajstić information content (AvgIpc) is 2.61. The lowest BCUT2D eigenvalue weighted by molar-refractivity contribution is -0.134. The van der Waals surface area contributed by atoms with Gasteiger partial charge in [-0.1, -0.05) is 12.1 Å². The zero-order valence-electron chi connectivity index (χ0n) is 13.9. The predicted molar refractivity (Wildman–Crippen MR) is 91.8 cm³/mol. The molecule has 0 bridgehead atoms. The van der Waals surface area contributed by atoms with Crippen LogP contribution >= 0.6 is 0 Å². The van der Waals surface area contributed by atoms with E-state index in [9.17, 15) is 14.4 Å². The predicted octanol–water partition coefficient (Wildman–Crippen LogP) is 2.40. The van der Waals surface area contributed by atoms with E-state index in [0.29, 0.717) is 25.2 Å². The summed E-state index contributed by atoms with van der Waals surface area (Å²) in [7, 11) is 0. The number of anilines is 1. The van der Waals surface area contributed by atoms with E-state index >= 15 is 0 Å². The molecular weight excluding hydrogens is 304 g/mol. The lowest BCUT2D eigenvalue weighted by Gasteiger charge is -2.33. The molecule has 2 amide bonds. The number of nitrogens with one attached hydrogen (secondary N) is 1. The number of rotatable bonds is 5. The monoisotopic (exact) mass is 328 g/mol. The number of hydrogen-bond donors (Lipinski definition) is 1. The second-order valence-corrected chi connectivity index (χ2v) is 6.77. The van der Waals surface area contributed by atoms with Crippen molar-refractivity contribution in [3.05, 3.63) is 29.8 Å². The second kappa shape index (κ2) is 7.60. The molecule has 1 atom stereocenters. The molecule has 2 heterocycles. The maximum absolute atomic E-state index is 11.9. The van der Waals surface area contributed by atoms with Crippen LogP contribution in [-0.4, -0.2) is 31.2 Å². The van der Waals surface area contributed by atoms with E-state index in [2.05, 4.69) is 22.3 Å². The number of carbonyl (C=O) groups excluding carboxylic acids is 3. The molecule has 3 rings (SSSR count). The first kappa shape index (κ1) is 16.7. The summed E-state index contributed by atoms with van der Waals surface area (Å²) in [5.41, 5.74) is 2.16. The molecule has 128 valence electrons. The van der Waals surface area contributed by atoms with Crippen molar-refractivity contribution in [2.45, 2.75) is 44.4 Å². The topological polar surface area (TPSA) is 66.5 Å². The zero-order valence-corrected chi connectivity index (χ0v) is 13.9. The van der Waals surface area contributed by atoms with Gasteiger partial charge in [-0.25, -0.2) is 0 Å². The van der Waals surface area contributed by atoms with E-state index in [4.69, 9.17) is 0 Å². The third-order valence-corrected chi connectivity index (χ3v) is 5.21. The molecule has 5 heteroatoms. The summed E-state index contributed by atoms with van der Waals surface area (Å²) in [6, 6.07) is 8.16. The van der Waals surface area contributed by atoms with Crippen molar-refractivity contribution >= 4 is 23.8 Å². The Morgan fingerprint density at radius 1 is 1.08 bits per heavy atom. The number of carbonyl (C=O) groups is 3. The largest absolute Gasteiger partial charge is 0.372 e. The minimum Gasteiger partial charge on any atom is -0.372 e. The van der Waals surface area contributed by atoms with Gasteiger partial charge in [0.25, 0.3) is 0 Å². The maximum atomic E-state index is 11.9. The Bertz CT molecular complexity index is 604. The fraction of sp³-hybridized carbons (Fsp3) is 0.526. The molecule has 1 aromatic rings. The van der Waals surface area contributed by atoms with Gasteiger partial charge in [0, 0.05) is 31.6 Å². The highest BCUT2D eigenvalue weighted by Gasteiger charge is 2.28. The molecule has 2 saturated heterocycles. The van der Waals surface area contributed by atoms with Crippen molar-refractivity contribution in [3.63, 3.8) is 0 Å². The van der Waals surface area contributed by atoms with Crippen LogP contribution in [0.15, 0.2) is 24.3 Å². The van der Waals surface area contributed by atoms with Gasteiger partial charge in [0.15, 0.2) is 0 Å². The standard InChI is InChI=1S/C19H24N2O3/c22-13-1-2-14-9-11-21(12-10-14)16-5-3-15(4-6-16)17-7-8-18(23)20-19(17)24/h3-6,13-14,17H,1-2,7-12H2,(H,20,23,24). The molecule has 2 aliphatic heterocycles. The molecule has 24 heavy (non-hydrogen) atoms. The van der Waals surface area contributed by atoms with E-state index in [1.165, 1.54) is 5.69 Å². The van der Waals surface area contributed by atoms with E-state index in [0.717, 1.165) is 44.2 Å². The quantitative estimate of drug-likeness (QED) is 0.666. The minimum atomic E-state index is -0.217. The number of amides is 2. The van der Waals surface area contributed by atoms with Crippen LogP contribution in [0, 0.1) is 5.92 Å². The van der Waals surface area contributed by atoms with Crippen LogP contribution < -0.4 is 10.2 Å². The summed E-state index contributed by atoms with van der Waals surface area (Å²) in [5.74, 6) is 0.0836. The van der Waals surface area contributed by atoms with Crippen molar-refractivity contribution in [3.8, 4) is 0 Å². The Labute approximate surface area is 142 Å². The summed E-state index contributed by atoms with van der Waals surface area (Å²) in [5, 5.41) is 2.41. The Morgan fingerprint density at radius 3 is 2.42 bits per heavy atom. The van der Waals surface area contributed by atoms with Crippen LogP contribution in [0.3, 0.4) is 0 Å². The van der Waals surface area contributed by atoms with Crippen LogP contribution in [0.1, 0.15) is 50.0 Å². The number of benzene rings is 1. The number of piperidine rings is 2. The number of nitrogens with zero attached hydrogens (tertiary/aromatic N) is 1. The molecule has 0 saturated carbocycles. The third-order valence-electron chi connectivity index (χ3n) is 5.21. The van der Waals surface area contributed by atoms with Crippen LogP contribution in [-0.2, 0) is 14.4 Å². The summed E-state index contributed by atoms with van der Waals surface area (Å²) >= 11 is 0. The Kier molecular flexibility index (Phi) is 5.28. The van der Waals surface area contributed by atoms with Gasteiger partial charge in [0.1, 0.15) is 6.29 Å². The molecule has 1 aromatic carbocycles. The number of hydrogen-bond acceptors (Lipinski definition) is 4. The first-order valence-electron chi connectivity index (χ1n) is 8.79. The molecule has 2 aliphatic rings. The van der Waals surface area contributed by atoms with Gasteiger partial charge in [-0.15, -0.1) is 0 Å². The molecule has 2 fully saturated rings. The van der Waals surface area contributed by atoms with E-state index < -0.39 is 0 Å². The Hall–Kier alpha value is -2.17. The van der Waals surface area contributed by atoms with Crippen molar-refractivity contribution < 1.29 is 14.4 Å². The highest BCUT2D eigenvalue weighted by molar-refractivity contribution is 6.00. The van der Waals surface area contributed by atoms with Crippen LogP contribution in [0.5, 0.6) is 0 Å². The van der Waals surface area contributed by atoms with Crippen LogP contribution in [0.25, 0.3) is 0 Å². The molecule has 5 nitrogen and oxygen atoms in total. The summed E-state index contributed by atoms with van der Waals surface area (Å²) in [6.45, 7) is 2.03. The van der Waals surface area contributed by atoms with Crippen molar-refractivity contribution in [2.75, 3.05) is 18.0 Å². The first-order chi connectivity index (χ1) is 11.7. The summed E-state index contributed by atoms with van der Waals surface area (Å²) < 4.78 is 0. The van der Waals surface area contributed by atoms with E-state index in [-0.39, 0.29) is 17.7 Å². The van der Waals surface area contributed by atoms with Crippen molar-refractivity contribution in [1.82, 2.24) is 5.32 Å². The third kappa shape index (κ3) is 3.83. The molecule has 0 radical (unpaired) electrons. The lowest BCUT2D eigenvalue weighted by atomic mass is 9.90. The minimum absolute atomic E-state index is 0.176. The highest BCUT2D eigenvalue weighted by atomic mass is 16.2. The Morgan fingerprint density at radius 2 is 1.79 bits per heavy atom. The zero-order chi connectivity index (χ0) is 16.9. The smallest absolute Gasteiger partial charge is 0.234 e. The van der Waals surface area contributed by atoms with Gasteiger partial charge >= 0.3 is 0 Å². The SMILES string of the molecule is O=CCCC1CCN(c2ccc(C3CCC(=O)NC3=O)cc2)CC1. The fourth-order valence-electron chi connectivity index (χ4n) is 3.71. The Balaban J connectivity index is 1.58. The second-order valence-electron chi connectivity index (χ2n) is 6.77. The van der Waals surface area contributed by atoms with E-state index in [1.807, 2.05) is 12.1 Å². The van der Waals surface area contributed by atoms with Crippen molar-refractivity contribution in [1.29, 1.82) is 0 Å². The summed E-state index contributed by atoms with van der Waals surface area (Å²) in [4.78, 5) is 36.0. The van der Waals surface area contributed by atoms with Gasteiger partial charge in [0.05, 0.1) is 5.92 Å². The molecule has 0 aromatic heterocycles. The van der Waals surface area contributed by atoms with Gasteiger partial charge < -0.3 is 9.69 Å². The van der Waals surface area contributed by atoms with Crippen molar-refractivity contribution in [2.24, 2.45) is 5.92 Å². The van der Waals surface area contributed by atoms with Gasteiger partial charge in [-0.05, 0) is 49.3 Å². The fourth-order valence-corrected chi connectivity index (χ4v) is 3.71. The first-order valence-corrected chi connectivity index (χ1v) is 8.79. The summed E-state index contributed by atoms with van der Waals surface area (Å²) in [6.07, 6.45) is 5.95. The average molecular weight is 328 g/mol. The molecule has 0 aliphatic carbocycles. The van der Waals surface area contributed by atoms with Gasteiger partial charge in [-0.3, -0.25) is 14.9 Å². The van der Waals surface area contributed by atoms with Gasteiger partial charge in [0.2, 0.25) is 11.8 Å². The maximum Gasteiger partial charge on any atom is 0.234 e. The number of imide groups is 1. The number of aldehydes is 1. The molecule has 1 unspecified atom stereocenters. The van der Waals surface area contributed by atoms with Gasteiger partial charge in [-0.2, -0.15) is 0 Å². The lowest BCUT2D eigenvalue weighted by Crippen LogP contribution is -2.39. The van der Waals surface area contributed by atoms with Crippen LogP contribution in [0.2, 0.25) is 0 Å². The molecular formula is C19H24N2O3.